The van der Waals surface area contributed by atoms with Crippen LogP contribution < -0.4 is 5.32 Å². The van der Waals surface area contributed by atoms with Crippen LogP contribution in [-0.4, -0.2) is 16.5 Å². The number of hydrogen-bond acceptors (Lipinski definition) is 3. The molecule has 0 aliphatic rings. The van der Waals surface area contributed by atoms with E-state index in [1.54, 1.807) is 6.33 Å². The van der Waals surface area contributed by atoms with Crippen LogP contribution in [0.25, 0.3) is 10.9 Å². The molecule has 0 aliphatic heterocycles. The summed E-state index contributed by atoms with van der Waals surface area (Å²) in [6, 6.07) is 6.00. The Kier molecular flexibility index (Phi) is 3.16. The number of nitrogens with zero attached hydrogens (tertiary/aromatic N) is 2. The van der Waals surface area contributed by atoms with E-state index >= 15 is 0 Å². The predicted octanol–water partition coefficient (Wildman–Crippen LogP) is 3.21. The lowest BCUT2D eigenvalue weighted by Gasteiger charge is -2.07. The molecule has 15 heavy (non-hydrogen) atoms. The van der Waals surface area contributed by atoms with Crippen molar-refractivity contribution < 1.29 is 0 Å². The maximum atomic E-state index is 4.25. The van der Waals surface area contributed by atoms with Gasteiger partial charge in [0.1, 0.15) is 12.1 Å². The number of nitrogens with one attached hydrogen (secondary N) is 1. The molecule has 1 heterocycles. The lowest BCUT2D eigenvalue weighted by Crippen LogP contribution is -2.02. The molecule has 1 N–H and O–H groups in total. The van der Waals surface area contributed by atoms with E-state index in [1.807, 2.05) is 18.2 Å². The summed E-state index contributed by atoms with van der Waals surface area (Å²) >= 11 is 3.48. The normalized spacial score (nSPS) is 10.5. The van der Waals surface area contributed by atoms with Gasteiger partial charge in [-0.1, -0.05) is 13.0 Å². The first-order valence-electron chi connectivity index (χ1n) is 4.96. The van der Waals surface area contributed by atoms with Gasteiger partial charge in [0.05, 0.1) is 5.52 Å². The Morgan fingerprint density at radius 3 is 3.00 bits per heavy atom. The Morgan fingerprint density at radius 1 is 1.33 bits per heavy atom. The number of para-hydroxylation sites is 1. The highest BCUT2D eigenvalue weighted by Gasteiger charge is 2.04. The second-order valence-electron chi connectivity index (χ2n) is 3.29. The molecule has 0 amide bonds. The van der Waals surface area contributed by atoms with E-state index < -0.39 is 0 Å². The van der Waals surface area contributed by atoms with E-state index in [1.165, 1.54) is 0 Å². The van der Waals surface area contributed by atoms with E-state index in [2.05, 4.69) is 38.1 Å². The summed E-state index contributed by atoms with van der Waals surface area (Å²) in [5, 5.41) is 4.35. The predicted molar refractivity (Wildman–Crippen MR) is 66.0 cm³/mol. The van der Waals surface area contributed by atoms with Gasteiger partial charge in [0, 0.05) is 16.4 Å². The van der Waals surface area contributed by atoms with Gasteiger partial charge in [-0.2, -0.15) is 0 Å². The van der Waals surface area contributed by atoms with Crippen LogP contribution in [0.1, 0.15) is 13.3 Å². The molecule has 0 aliphatic carbocycles. The maximum Gasteiger partial charge on any atom is 0.137 e. The van der Waals surface area contributed by atoms with Gasteiger partial charge in [0.15, 0.2) is 0 Å². The fraction of sp³-hybridized carbons (Fsp3) is 0.273. The van der Waals surface area contributed by atoms with Crippen LogP contribution >= 0.6 is 15.9 Å². The molecule has 0 bridgehead atoms. The molecule has 0 spiro atoms. The van der Waals surface area contributed by atoms with Crippen LogP contribution in [0.4, 0.5) is 5.82 Å². The molecule has 0 unspecified atom stereocenters. The summed E-state index contributed by atoms with van der Waals surface area (Å²) in [5.41, 5.74) is 0.950. The fourth-order valence-corrected chi connectivity index (χ4v) is 1.90. The molecular formula is C11H12BrN3. The first-order valence-corrected chi connectivity index (χ1v) is 5.75. The van der Waals surface area contributed by atoms with Gasteiger partial charge in [-0.3, -0.25) is 0 Å². The Morgan fingerprint density at radius 2 is 2.20 bits per heavy atom. The summed E-state index contributed by atoms with van der Waals surface area (Å²) in [7, 11) is 0. The largest absolute Gasteiger partial charge is 0.369 e. The fourth-order valence-electron chi connectivity index (χ4n) is 1.44. The van der Waals surface area contributed by atoms with E-state index in [0.29, 0.717) is 0 Å². The van der Waals surface area contributed by atoms with Gasteiger partial charge in [0.2, 0.25) is 0 Å². The van der Waals surface area contributed by atoms with Crippen molar-refractivity contribution in [1.29, 1.82) is 0 Å². The topological polar surface area (TPSA) is 37.8 Å². The minimum absolute atomic E-state index is 0.906. The van der Waals surface area contributed by atoms with Gasteiger partial charge in [-0.05, 0) is 34.5 Å². The Balaban J connectivity index is 2.51. The van der Waals surface area contributed by atoms with E-state index in [9.17, 15) is 0 Å². The van der Waals surface area contributed by atoms with E-state index in [0.717, 1.165) is 34.2 Å². The van der Waals surface area contributed by atoms with Crippen molar-refractivity contribution in [2.75, 3.05) is 11.9 Å². The summed E-state index contributed by atoms with van der Waals surface area (Å²) < 4.78 is 1.00. The van der Waals surface area contributed by atoms with Crippen LogP contribution in [0.5, 0.6) is 0 Å². The van der Waals surface area contributed by atoms with Crippen LogP contribution in [0.2, 0.25) is 0 Å². The molecule has 0 fully saturated rings. The highest BCUT2D eigenvalue weighted by atomic mass is 79.9. The molecule has 2 rings (SSSR count). The maximum absolute atomic E-state index is 4.25. The molecule has 0 saturated carbocycles. The van der Waals surface area contributed by atoms with Gasteiger partial charge in [-0.25, -0.2) is 9.97 Å². The van der Waals surface area contributed by atoms with Crippen molar-refractivity contribution in [3.05, 3.63) is 29.0 Å². The Labute approximate surface area is 97.1 Å². The number of halogens is 1. The quantitative estimate of drug-likeness (QED) is 0.926. The molecule has 78 valence electrons. The summed E-state index contributed by atoms with van der Waals surface area (Å²) in [6.07, 6.45) is 2.67. The molecule has 3 nitrogen and oxygen atoms in total. The standard InChI is InChI=1S/C11H12BrN3/c1-2-6-13-11-8-4-3-5-9(12)10(8)14-7-15-11/h3-5,7H,2,6H2,1H3,(H,13,14,15). The molecule has 2 aromatic rings. The van der Waals surface area contributed by atoms with Gasteiger partial charge in [0.25, 0.3) is 0 Å². The molecule has 1 aromatic heterocycles. The number of benzene rings is 1. The molecule has 0 radical (unpaired) electrons. The second-order valence-corrected chi connectivity index (χ2v) is 4.14. The first kappa shape index (κ1) is 10.4. The lowest BCUT2D eigenvalue weighted by atomic mass is 10.2. The number of rotatable bonds is 3. The average molecular weight is 266 g/mol. The van der Waals surface area contributed by atoms with E-state index in [4.69, 9.17) is 0 Å². The van der Waals surface area contributed by atoms with Crippen molar-refractivity contribution in [2.24, 2.45) is 0 Å². The van der Waals surface area contributed by atoms with Gasteiger partial charge in [-0.15, -0.1) is 0 Å². The zero-order valence-corrected chi connectivity index (χ0v) is 10.1. The second kappa shape index (κ2) is 4.57. The van der Waals surface area contributed by atoms with Crippen molar-refractivity contribution in [2.45, 2.75) is 13.3 Å². The molecule has 1 aromatic carbocycles. The summed E-state index contributed by atoms with van der Waals surface area (Å²) in [4.78, 5) is 8.49. The SMILES string of the molecule is CCCNc1ncnc2c(Br)cccc12. The Bertz CT molecular complexity index is 470. The third-order valence-electron chi connectivity index (χ3n) is 2.16. The van der Waals surface area contributed by atoms with Gasteiger partial charge >= 0.3 is 0 Å². The minimum Gasteiger partial charge on any atom is -0.369 e. The van der Waals surface area contributed by atoms with Crippen LogP contribution in [0.3, 0.4) is 0 Å². The zero-order chi connectivity index (χ0) is 10.7. The highest BCUT2D eigenvalue weighted by molar-refractivity contribution is 9.10. The molecule has 4 heteroatoms. The van der Waals surface area contributed by atoms with E-state index in [-0.39, 0.29) is 0 Å². The zero-order valence-electron chi connectivity index (χ0n) is 8.50. The monoisotopic (exact) mass is 265 g/mol. The number of anilines is 1. The number of hydrogen-bond donors (Lipinski definition) is 1. The third kappa shape index (κ3) is 2.09. The number of aromatic nitrogens is 2. The third-order valence-corrected chi connectivity index (χ3v) is 2.80. The van der Waals surface area contributed by atoms with Gasteiger partial charge < -0.3 is 5.32 Å². The van der Waals surface area contributed by atoms with Crippen molar-refractivity contribution in [3.8, 4) is 0 Å². The molecule has 0 saturated heterocycles. The first-order chi connectivity index (χ1) is 7.33. The average Bonchev–Trinajstić information content (AvgIpc) is 2.27. The minimum atomic E-state index is 0.906. The van der Waals surface area contributed by atoms with Crippen LogP contribution in [0.15, 0.2) is 29.0 Å². The van der Waals surface area contributed by atoms with Crippen LogP contribution in [0, 0.1) is 0 Å². The van der Waals surface area contributed by atoms with Crippen molar-refractivity contribution in [1.82, 2.24) is 9.97 Å². The number of fused-ring (bicyclic) bond motifs is 1. The van der Waals surface area contributed by atoms with Crippen molar-refractivity contribution in [3.63, 3.8) is 0 Å². The highest BCUT2D eigenvalue weighted by Crippen LogP contribution is 2.25. The summed E-state index contributed by atoms with van der Waals surface area (Å²) in [5.74, 6) is 0.906. The molecular weight excluding hydrogens is 254 g/mol. The smallest absolute Gasteiger partial charge is 0.137 e. The summed E-state index contributed by atoms with van der Waals surface area (Å²) in [6.45, 7) is 3.06. The Hall–Kier alpha value is -1.16. The van der Waals surface area contributed by atoms with Crippen LogP contribution in [-0.2, 0) is 0 Å². The van der Waals surface area contributed by atoms with Crippen molar-refractivity contribution >= 4 is 32.7 Å². The lowest BCUT2D eigenvalue weighted by molar-refractivity contribution is 0.969. The molecule has 0 atom stereocenters.